The number of hydrogen-bond acceptors (Lipinski definition) is 4. The molecule has 5 nitrogen and oxygen atoms in total. The molecular formula is C21H27FN4O. The van der Waals surface area contributed by atoms with E-state index in [1.807, 2.05) is 31.3 Å². The van der Waals surface area contributed by atoms with E-state index in [1.54, 1.807) is 11.1 Å². The zero-order valence-electron chi connectivity index (χ0n) is 16.1. The molecule has 1 aliphatic heterocycles. The summed E-state index contributed by atoms with van der Waals surface area (Å²) in [7, 11) is 1.82. The van der Waals surface area contributed by atoms with Crippen LogP contribution in [-0.4, -0.2) is 55.6 Å². The Kier molecular flexibility index (Phi) is 6.27. The SMILES string of the molecule is CCCCN(C)C(=O)c1ccc(N2CCN(c3ccc(F)cc3)CC2)cn1. The van der Waals surface area contributed by atoms with E-state index < -0.39 is 0 Å². The maximum Gasteiger partial charge on any atom is 0.272 e. The van der Waals surface area contributed by atoms with Gasteiger partial charge in [0.2, 0.25) is 0 Å². The van der Waals surface area contributed by atoms with Crippen molar-refractivity contribution in [3.63, 3.8) is 0 Å². The second-order valence-electron chi connectivity index (χ2n) is 6.93. The van der Waals surface area contributed by atoms with Gasteiger partial charge in [-0.2, -0.15) is 0 Å². The van der Waals surface area contributed by atoms with Gasteiger partial charge in [-0.3, -0.25) is 4.79 Å². The van der Waals surface area contributed by atoms with Gasteiger partial charge in [-0.05, 0) is 42.8 Å². The number of carbonyl (C=O) groups is 1. The fourth-order valence-corrected chi connectivity index (χ4v) is 3.27. The first-order chi connectivity index (χ1) is 13.1. The molecule has 0 N–H and O–H groups in total. The van der Waals surface area contributed by atoms with Crippen LogP contribution in [0.3, 0.4) is 0 Å². The molecule has 1 aromatic heterocycles. The number of anilines is 2. The minimum absolute atomic E-state index is 0.0314. The van der Waals surface area contributed by atoms with Crippen molar-refractivity contribution in [2.24, 2.45) is 0 Å². The van der Waals surface area contributed by atoms with Crippen molar-refractivity contribution in [1.29, 1.82) is 0 Å². The molecule has 0 aliphatic carbocycles. The molecule has 3 rings (SSSR count). The van der Waals surface area contributed by atoms with Gasteiger partial charge in [0.15, 0.2) is 0 Å². The predicted molar refractivity (Wildman–Crippen MR) is 107 cm³/mol. The number of aromatic nitrogens is 1. The van der Waals surface area contributed by atoms with Crippen LogP contribution < -0.4 is 9.80 Å². The Balaban J connectivity index is 1.57. The molecule has 0 spiro atoms. The highest BCUT2D eigenvalue weighted by Crippen LogP contribution is 2.20. The van der Waals surface area contributed by atoms with Gasteiger partial charge in [0, 0.05) is 45.5 Å². The molecule has 0 saturated carbocycles. The Morgan fingerprint density at radius 1 is 1.04 bits per heavy atom. The molecule has 1 aromatic carbocycles. The number of nitrogens with zero attached hydrogens (tertiary/aromatic N) is 4. The van der Waals surface area contributed by atoms with Crippen molar-refractivity contribution >= 4 is 17.3 Å². The smallest absolute Gasteiger partial charge is 0.272 e. The van der Waals surface area contributed by atoms with Gasteiger partial charge in [-0.25, -0.2) is 9.37 Å². The van der Waals surface area contributed by atoms with Gasteiger partial charge in [0.25, 0.3) is 5.91 Å². The highest BCUT2D eigenvalue weighted by molar-refractivity contribution is 5.92. The number of piperazine rings is 1. The number of benzene rings is 1. The summed E-state index contributed by atoms with van der Waals surface area (Å²) < 4.78 is 13.1. The number of carbonyl (C=O) groups excluding carboxylic acids is 1. The van der Waals surface area contributed by atoms with Crippen LogP contribution in [0.2, 0.25) is 0 Å². The van der Waals surface area contributed by atoms with E-state index in [4.69, 9.17) is 0 Å². The highest BCUT2D eigenvalue weighted by Gasteiger charge is 2.19. The van der Waals surface area contributed by atoms with Crippen molar-refractivity contribution < 1.29 is 9.18 Å². The molecule has 144 valence electrons. The van der Waals surface area contributed by atoms with Crippen LogP contribution in [0.25, 0.3) is 0 Å². The maximum atomic E-state index is 13.1. The molecule has 2 aromatic rings. The van der Waals surface area contributed by atoms with E-state index in [2.05, 4.69) is 21.7 Å². The minimum atomic E-state index is -0.210. The molecule has 1 aliphatic rings. The topological polar surface area (TPSA) is 39.7 Å². The van der Waals surface area contributed by atoms with Gasteiger partial charge >= 0.3 is 0 Å². The summed E-state index contributed by atoms with van der Waals surface area (Å²) in [4.78, 5) is 23.0. The fourth-order valence-electron chi connectivity index (χ4n) is 3.27. The lowest BCUT2D eigenvalue weighted by atomic mass is 10.2. The minimum Gasteiger partial charge on any atom is -0.368 e. The summed E-state index contributed by atoms with van der Waals surface area (Å²) in [6, 6.07) is 10.4. The molecule has 0 atom stereocenters. The molecule has 0 unspecified atom stereocenters. The Hall–Kier alpha value is -2.63. The fraction of sp³-hybridized carbons (Fsp3) is 0.429. The second-order valence-corrected chi connectivity index (χ2v) is 6.93. The molecule has 2 heterocycles. The lowest BCUT2D eigenvalue weighted by Gasteiger charge is -2.37. The number of rotatable bonds is 6. The van der Waals surface area contributed by atoms with Crippen molar-refractivity contribution in [2.75, 3.05) is 49.6 Å². The molecule has 27 heavy (non-hydrogen) atoms. The van der Waals surface area contributed by atoms with Gasteiger partial charge in [-0.15, -0.1) is 0 Å². The summed E-state index contributed by atoms with van der Waals surface area (Å²) >= 11 is 0. The van der Waals surface area contributed by atoms with Crippen molar-refractivity contribution in [1.82, 2.24) is 9.88 Å². The maximum absolute atomic E-state index is 13.1. The molecule has 0 radical (unpaired) electrons. The van der Waals surface area contributed by atoms with Crippen molar-refractivity contribution in [3.8, 4) is 0 Å². The molecule has 6 heteroatoms. The average Bonchev–Trinajstić information content (AvgIpc) is 2.72. The Morgan fingerprint density at radius 2 is 1.63 bits per heavy atom. The van der Waals surface area contributed by atoms with E-state index in [0.717, 1.165) is 56.9 Å². The largest absolute Gasteiger partial charge is 0.368 e. The lowest BCUT2D eigenvalue weighted by Crippen LogP contribution is -2.46. The van der Waals surface area contributed by atoms with Crippen LogP contribution in [0.1, 0.15) is 30.3 Å². The van der Waals surface area contributed by atoms with Crippen LogP contribution >= 0.6 is 0 Å². The van der Waals surface area contributed by atoms with E-state index in [-0.39, 0.29) is 11.7 Å². The number of hydrogen-bond donors (Lipinski definition) is 0. The van der Waals surface area contributed by atoms with Crippen LogP contribution in [0.4, 0.5) is 15.8 Å². The van der Waals surface area contributed by atoms with Crippen LogP contribution in [0, 0.1) is 5.82 Å². The van der Waals surface area contributed by atoms with E-state index in [1.165, 1.54) is 12.1 Å². The van der Waals surface area contributed by atoms with E-state index >= 15 is 0 Å². The Bertz CT molecular complexity index is 740. The summed E-state index contributed by atoms with van der Waals surface area (Å²) in [6.07, 6.45) is 3.85. The summed E-state index contributed by atoms with van der Waals surface area (Å²) in [6.45, 7) is 6.33. The lowest BCUT2D eigenvalue weighted by molar-refractivity contribution is 0.0787. The predicted octanol–water partition coefficient (Wildman–Crippen LogP) is 3.42. The van der Waals surface area contributed by atoms with Crippen molar-refractivity contribution in [2.45, 2.75) is 19.8 Å². The quantitative estimate of drug-likeness (QED) is 0.781. The number of pyridine rings is 1. The summed E-state index contributed by atoms with van der Waals surface area (Å²) in [5, 5.41) is 0. The number of unbranched alkanes of at least 4 members (excludes halogenated alkanes) is 1. The van der Waals surface area contributed by atoms with Crippen molar-refractivity contribution in [3.05, 3.63) is 54.1 Å². The summed E-state index contributed by atoms with van der Waals surface area (Å²) in [5.74, 6) is -0.241. The third-order valence-electron chi connectivity index (χ3n) is 5.00. The van der Waals surface area contributed by atoms with Crippen LogP contribution in [0.15, 0.2) is 42.6 Å². The van der Waals surface area contributed by atoms with E-state index in [0.29, 0.717) is 5.69 Å². The third-order valence-corrected chi connectivity index (χ3v) is 5.00. The van der Waals surface area contributed by atoms with Gasteiger partial charge in [-0.1, -0.05) is 13.3 Å². The monoisotopic (exact) mass is 370 g/mol. The first kappa shape index (κ1) is 19.1. The standard InChI is InChI=1S/C21H27FN4O/c1-3-4-11-24(2)21(27)20-10-9-19(16-23-20)26-14-12-25(13-15-26)18-7-5-17(22)6-8-18/h5-10,16H,3-4,11-15H2,1-2H3. The van der Waals surface area contributed by atoms with Crippen LogP contribution in [-0.2, 0) is 0 Å². The highest BCUT2D eigenvalue weighted by atomic mass is 19.1. The van der Waals surface area contributed by atoms with Gasteiger partial charge in [0.05, 0.1) is 11.9 Å². The summed E-state index contributed by atoms with van der Waals surface area (Å²) in [5.41, 5.74) is 2.56. The van der Waals surface area contributed by atoms with Crippen LogP contribution in [0.5, 0.6) is 0 Å². The van der Waals surface area contributed by atoms with Gasteiger partial charge in [0.1, 0.15) is 11.5 Å². The Labute approximate surface area is 160 Å². The van der Waals surface area contributed by atoms with Gasteiger partial charge < -0.3 is 14.7 Å². The first-order valence-electron chi connectivity index (χ1n) is 9.55. The molecule has 1 amide bonds. The zero-order valence-corrected chi connectivity index (χ0v) is 16.1. The molecular weight excluding hydrogens is 343 g/mol. The number of amides is 1. The normalized spacial score (nSPS) is 14.3. The first-order valence-corrected chi connectivity index (χ1v) is 9.55. The average molecular weight is 370 g/mol. The third kappa shape index (κ3) is 4.76. The molecule has 1 saturated heterocycles. The molecule has 0 bridgehead atoms. The second kappa shape index (κ2) is 8.84. The zero-order chi connectivity index (χ0) is 19.2. The molecule has 1 fully saturated rings. The van der Waals surface area contributed by atoms with E-state index in [9.17, 15) is 9.18 Å². The number of halogens is 1. The Morgan fingerprint density at radius 3 is 2.19 bits per heavy atom.